The van der Waals surface area contributed by atoms with Crippen molar-refractivity contribution in [1.82, 2.24) is 9.80 Å². The molecule has 0 bridgehead atoms. The first kappa shape index (κ1) is 22.7. The molecular formula is C25H31N3O3. The van der Waals surface area contributed by atoms with Gasteiger partial charge in [-0.2, -0.15) is 0 Å². The Morgan fingerprint density at radius 1 is 0.968 bits per heavy atom. The van der Waals surface area contributed by atoms with E-state index in [1.165, 1.54) is 5.56 Å². The van der Waals surface area contributed by atoms with Crippen molar-refractivity contribution < 1.29 is 14.3 Å². The molecule has 1 amide bonds. The van der Waals surface area contributed by atoms with E-state index in [0.29, 0.717) is 24.4 Å². The largest absolute Gasteiger partial charge is 0.462 e. The summed E-state index contributed by atoms with van der Waals surface area (Å²) in [6.07, 6.45) is 5.13. The highest BCUT2D eigenvalue weighted by Gasteiger charge is 2.18. The lowest BCUT2D eigenvalue weighted by molar-refractivity contribution is -0.117. The van der Waals surface area contributed by atoms with E-state index in [-0.39, 0.29) is 11.9 Å². The number of anilines is 1. The Morgan fingerprint density at radius 2 is 1.65 bits per heavy atom. The van der Waals surface area contributed by atoms with Crippen LogP contribution in [0.4, 0.5) is 5.69 Å². The van der Waals surface area contributed by atoms with E-state index in [0.717, 1.165) is 39.1 Å². The molecule has 2 aromatic carbocycles. The fourth-order valence-electron chi connectivity index (χ4n) is 3.40. The molecule has 1 heterocycles. The Balaban J connectivity index is 1.37. The van der Waals surface area contributed by atoms with E-state index in [9.17, 15) is 9.59 Å². The first-order valence-electron chi connectivity index (χ1n) is 10.9. The van der Waals surface area contributed by atoms with Crippen LogP contribution >= 0.6 is 0 Å². The van der Waals surface area contributed by atoms with Crippen molar-refractivity contribution in [2.75, 3.05) is 51.2 Å². The maximum Gasteiger partial charge on any atom is 0.338 e. The molecule has 2 aromatic rings. The number of nitrogens with zero attached hydrogens (tertiary/aromatic N) is 2. The second-order valence-corrected chi connectivity index (χ2v) is 7.65. The van der Waals surface area contributed by atoms with Crippen molar-refractivity contribution in [1.29, 1.82) is 0 Å². The van der Waals surface area contributed by atoms with Crippen LogP contribution < -0.4 is 5.32 Å². The van der Waals surface area contributed by atoms with Crippen LogP contribution in [0.15, 0.2) is 60.7 Å². The van der Waals surface area contributed by atoms with E-state index in [1.54, 1.807) is 24.3 Å². The Kier molecular flexibility index (Phi) is 8.82. The van der Waals surface area contributed by atoms with Gasteiger partial charge in [0, 0.05) is 38.4 Å². The molecule has 0 aliphatic carbocycles. The number of amides is 1. The summed E-state index contributed by atoms with van der Waals surface area (Å²) in [5.74, 6) is -0.380. The molecule has 6 heteroatoms. The lowest BCUT2D eigenvalue weighted by Gasteiger charge is -2.33. The van der Waals surface area contributed by atoms with Crippen LogP contribution in [0.3, 0.4) is 0 Å². The number of nitrogens with one attached hydrogen (secondary N) is 1. The molecule has 31 heavy (non-hydrogen) atoms. The number of rotatable bonds is 9. The summed E-state index contributed by atoms with van der Waals surface area (Å²) in [7, 11) is 0. The molecule has 1 N–H and O–H groups in total. The van der Waals surface area contributed by atoms with E-state index in [4.69, 9.17) is 4.74 Å². The van der Waals surface area contributed by atoms with Crippen LogP contribution in [0.5, 0.6) is 0 Å². The highest BCUT2D eigenvalue weighted by atomic mass is 16.5. The smallest absolute Gasteiger partial charge is 0.338 e. The van der Waals surface area contributed by atoms with Crippen LogP contribution in [0.25, 0.3) is 6.08 Å². The maximum atomic E-state index is 12.4. The predicted molar refractivity (Wildman–Crippen MR) is 124 cm³/mol. The molecule has 6 nitrogen and oxygen atoms in total. The zero-order valence-corrected chi connectivity index (χ0v) is 18.1. The Hall–Kier alpha value is -2.96. The molecule has 0 spiro atoms. The van der Waals surface area contributed by atoms with Gasteiger partial charge in [0.15, 0.2) is 0 Å². The van der Waals surface area contributed by atoms with E-state index >= 15 is 0 Å². The number of hydrogen-bond donors (Lipinski definition) is 1. The second-order valence-electron chi connectivity index (χ2n) is 7.65. The summed E-state index contributed by atoms with van der Waals surface area (Å²) in [5.41, 5.74) is 2.38. The lowest BCUT2D eigenvalue weighted by atomic mass is 10.2. The third-order valence-corrected chi connectivity index (χ3v) is 5.15. The average molecular weight is 422 g/mol. The minimum atomic E-state index is -0.337. The highest BCUT2D eigenvalue weighted by Crippen LogP contribution is 2.11. The first-order valence-corrected chi connectivity index (χ1v) is 10.9. The van der Waals surface area contributed by atoms with Crippen LogP contribution in [0.1, 0.15) is 29.3 Å². The fourth-order valence-corrected chi connectivity index (χ4v) is 3.40. The molecule has 0 unspecified atom stereocenters. The molecule has 1 aliphatic rings. The Bertz CT molecular complexity index is 857. The summed E-state index contributed by atoms with van der Waals surface area (Å²) >= 11 is 0. The van der Waals surface area contributed by atoms with Crippen molar-refractivity contribution in [2.24, 2.45) is 0 Å². The van der Waals surface area contributed by atoms with Crippen molar-refractivity contribution in [3.63, 3.8) is 0 Å². The summed E-state index contributed by atoms with van der Waals surface area (Å²) in [6, 6.07) is 17.1. The average Bonchev–Trinajstić information content (AvgIpc) is 2.80. The van der Waals surface area contributed by atoms with E-state index in [2.05, 4.69) is 39.4 Å². The van der Waals surface area contributed by atoms with Crippen LogP contribution in [0, 0.1) is 0 Å². The van der Waals surface area contributed by atoms with E-state index in [1.807, 2.05) is 25.1 Å². The fraction of sp³-hybridized carbons (Fsp3) is 0.360. The minimum absolute atomic E-state index is 0.0428. The Morgan fingerprint density at radius 3 is 2.32 bits per heavy atom. The summed E-state index contributed by atoms with van der Waals surface area (Å²) < 4.78 is 5.11. The monoisotopic (exact) mass is 421 g/mol. The predicted octanol–water partition coefficient (Wildman–Crippen LogP) is 3.52. The SMILES string of the molecule is CCCOC(=O)c1ccc(NC(=O)CN2CCN(C/C=C/c3ccccc3)CC2)cc1. The highest BCUT2D eigenvalue weighted by molar-refractivity contribution is 5.94. The van der Waals surface area contributed by atoms with Gasteiger partial charge >= 0.3 is 5.97 Å². The molecule has 0 radical (unpaired) electrons. The number of piperazine rings is 1. The second kappa shape index (κ2) is 12.0. The van der Waals surface area contributed by atoms with Gasteiger partial charge in [-0.3, -0.25) is 14.6 Å². The summed E-state index contributed by atoms with van der Waals surface area (Å²) in [5, 5.41) is 2.90. The van der Waals surface area contributed by atoms with Gasteiger partial charge < -0.3 is 10.1 Å². The van der Waals surface area contributed by atoms with Gasteiger partial charge in [-0.15, -0.1) is 0 Å². The van der Waals surface area contributed by atoms with Gasteiger partial charge in [-0.05, 0) is 36.2 Å². The van der Waals surface area contributed by atoms with Crippen molar-refractivity contribution in [3.8, 4) is 0 Å². The standard InChI is InChI=1S/C25H31N3O3/c1-2-19-31-25(30)22-10-12-23(13-11-22)26-24(29)20-28-17-15-27(16-18-28)14-6-9-21-7-4-3-5-8-21/h3-13H,2,14-20H2,1H3,(H,26,29)/b9-6+. The van der Waals surface area contributed by atoms with Gasteiger partial charge in [0.25, 0.3) is 0 Å². The third-order valence-electron chi connectivity index (χ3n) is 5.15. The number of carbonyl (C=O) groups is 2. The number of hydrogen-bond acceptors (Lipinski definition) is 5. The van der Waals surface area contributed by atoms with Crippen LogP contribution in [-0.2, 0) is 9.53 Å². The van der Waals surface area contributed by atoms with Crippen LogP contribution in [0.2, 0.25) is 0 Å². The number of esters is 1. The molecule has 0 saturated carbocycles. The number of benzene rings is 2. The normalized spacial score (nSPS) is 15.1. The van der Waals surface area contributed by atoms with Gasteiger partial charge in [0.1, 0.15) is 0 Å². The molecule has 0 atom stereocenters. The molecule has 164 valence electrons. The van der Waals surface area contributed by atoms with Gasteiger partial charge in [0.2, 0.25) is 5.91 Å². The third kappa shape index (κ3) is 7.66. The van der Waals surface area contributed by atoms with Crippen molar-refractivity contribution >= 4 is 23.6 Å². The summed E-state index contributed by atoms with van der Waals surface area (Å²) in [6.45, 7) is 7.28. The molecule has 1 saturated heterocycles. The summed E-state index contributed by atoms with van der Waals surface area (Å²) in [4.78, 5) is 28.8. The van der Waals surface area contributed by atoms with Crippen molar-refractivity contribution in [3.05, 3.63) is 71.8 Å². The minimum Gasteiger partial charge on any atom is -0.462 e. The molecule has 1 aliphatic heterocycles. The number of ether oxygens (including phenoxy) is 1. The van der Waals surface area contributed by atoms with Gasteiger partial charge in [0.05, 0.1) is 18.7 Å². The van der Waals surface area contributed by atoms with E-state index < -0.39 is 0 Å². The first-order chi connectivity index (χ1) is 15.1. The molecular weight excluding hydrogens is 390 g/mol. The van der Waals surface area contributed by atoms with Gasteiger partial charge in [-0.25, -0.2) is 4.79 Å². The zero-order chi connectivity index (χ0) is 21.9. The molecule has 3 rings (SSSR count). The topological polar surface area (TPSA) is 61.9 Å². The van der Waals surface area contributed by atoms with Crippen molar-refractivity contribution in [2.45, 2.75) is 13.3 Å². The number of carbonyl (C=O) groups excluding carboxylic acids is 2. The Labute approximate surface area is 184 Å². The van der Waals surface area contributed by atoms with Crippen LogP contribution in [-0.4, -0.2) is 67.6 Å². The zero-order valence-electron chi connectivity index (χ0n) is 18.1. The molecule has 1 fully saturated rings. The quantitative estimate of drug-likeness (QED) is 0.628. The lowest BCUT2D eigenvalue weighted by Crippen LogP contribution is -2.48. The maximum absolute atomic E-state index is 12.4. The van der Waals surface area contributed by atoms with Gasteiger partial charge in [-0.1, -0.05) is 49.4 Å². The molecule has 0 aromatic heterocycles.